The first-order chi connectivity index (χ1) is 17.0. The van der Waals surface area contributed by atoms with Gasteiger partial charge < -0.3 is 4.42 Å². The summed E-state index contributed by atoms with van der Waals surface area (Å²) in [4.78, 5) is 18.3. The first-order valence-electron chi connectivity index (χ1n) is 11.5. The average Bonchev–Trinajstić information content (AvgIpc) is 3.36. The van der Waals surface area contributed by atoms with E-state index in [0.717, 1.165) is 5.56 Å². The molecule has 0 N–H and O–H groups in total. The van der Waals surface area contributed by atoms with Gasteiger partial charge in [-0.2, -0.15) is 0 Å². The van der Waals surface area contributed by atoms with E-state index in [1.54, 1.807) is 39.0 Å². The lowest BCUT2D eigenvalue weighted by Gasteiger charge is -2.20. The van der Waals surface area contributed by atoms with E-state index in [2.05, 4.69) is 0 Å². The monoisotopic (exact) mass is 542 g/mol. The molecule has 0 aliphatic carbocycles. The van der Waals surface area contributed by atoms with Gasteiger partial charge in [0.05, 0.1) is 16.8 Å². The Morgan fingerprint density at radius 1 is 1.03 bits per heavy atom. The van der Waals surface area contributed by atoms with Crippen molar-refractivity contribution in [2.24, 2.45) is 5.41 Å². The number of halogens is 2. The van der Waals surface area contributed by atoms with Crippen LogP contribution in [0.2, 0.25) is 10.0 Å². The quantitative estimate of drug-likeness (QED) is 0.254. The molecule has 2 aromatic carbocycles. The van der Waals surface area contributed by atoms with Crippen LogP contribution < -0.4 is 4.31 Å². The van der Waals surface area contributed by atoms with Crippen LogP contribution in [0, 0.1) is 5.41 Å². The molecule has 0 bridgehead atoms. The molecule has 4 aromatic rings. The summed E-state index contributed by atoms with van der Waals surface area (Å²) >= 11 is 12.7. The molecule has 3 heterocycles. The van der Waals surface area contributed by atoms with Crippen molar-refractivity contribution in [2.45, 2.75) is 27.2 Å². The molecular weight excluding hydrogens is 519 g/mol. The van der Waals surface area contributed by atoms with Crippen molar-refractivity contribution in [3.05, 3.63) is 70.4 Å². The minimum Gasteiger partial charge on any atom is -0.432 e. The molecule has 5 rings (SSSR count). The van der Waals surface area contributed by atoms with Gasteiger partial charge in [0.1, 0.15) is 5.69 Å². The van der Waals surface area contributed by atoms with Crippen molar-refractivity contribution in [3.63, 3.8) is 0 Å². The first-order valence-corrected chi connectivity index (χ1v) is 13.9. The van der Waals surface area contributed by atoms with Crippen LogP contribution in [-0.2, 0) is 10.0 Å². The van der Waals surface area contributed by atoms with Gasteiger partial charge in [-0.05, 0) is 36.2 Å². The first kappa shape index (κ1) is 24.8. The number of carbonyl (C=O) groups is 1. The predicted octanol–water partition coefficient (Wildman–Crippen LogP) is 7.24. The normalized spacial score (nSPS) is 15.5. The van der Waals surface area contributed by atoms with Crippen LogP contribution in [0.1, 0.15) is 37.7 Å². The van der Waals surface area contributed by atoms with Gasteiger partial charge in [-0.3, -0.25) is 9.10 Å². The smallest absolute Gasteiger partial charge is 0.235 e. The van der Waals surface area contributed by atoms with Crippen LogP contribution in [0.3, 0.4) is 0 Å². The van der Waals surface area contributed by atoms with Crippen molar-refractivity contribution in [1.29, 1.82) is 0 Å². The third-order valence-electron chi connectivity index (χ3n) is 6.18. The van der Waals surface area contributed by atoms with Crippen LogP contribution in [0.4, 0.5) is 5.69 Å². The number of benzene rings is 2. The second-order valence-corrected chi connectivity index (χ2v) is 12.7. The van der Waals surface area contributed by atoms with Gasteiger partial charge in [-0.25, -0.2) is 13.4 Å². The highest BCUT2D eigenvalue weighted by molar-refractivity contribution is 7.93. The number of sulfonamides is 1. The summed E-state index contributed by atoms with van der Waals surface area (Å²) in [5, 5.41) is 1.53. The van der Waals surface area contributed by atoms with Gasteiger partial charge in [0.25, 0.3) is 0 Å². The number of anilines is 1. The maximum atomic E-state index is 13.4. The van der Waals surface area contributed by atoms with Crippen molar-refractivity contribution < 1.29 is 17.6 Å². The number of furan rings is 1. The highest BCUT2D eigenvalue weighted by Crippen LogP contribution is 2.44. The molecule has 36 heavy (non-hydrogen) atoms. The van der Waals surface area contributed by atoms with Gasteiger partial charge >= 0.3 is 0 Å². The predicted molar refractivity (Wildman–Crippen MR) is 144 cm³/mol. The summed E-state index contributed by atoms with van der Waals surface area (Å²) in [5.41, 5.74) is 2.38. The van der Waals surface area contributed by atoms with E-state index in [1.807, 2.05) is 36.4 Å². The van der Waals surface area contributed by atoms with Gasteiger partial charge in [-0.1, -0.05) is 74.3 Å². The average molecular weight is 543 g/mol. The molecule has 0 unspecified atom stereocenters. The zero-order valence-corrected chi connectivity index (χ0v) is 22.3. The molecule has 186 valence electrons. The number of nitrogens with zero attached hydrogens (tertiary/aromatic N) is 2. The lowest BCUT2D eigenvalue weighted by Crippen LogP contribution is -2.28. The van der Waals surface area contributed by atoms with Crippen LogP contribution >= 0.6 is 23.2 Å². The molecule has 1 aliphatic rings. The molecule has 9 heteroatoms. The summed E-state index contributed by atoms with van der Waals surface area (Å²) < 4.78 is 33.3. The van der Waals surface area contributed by atoms with E-state index < -0.39 is 15.4 Å². The Morgan fingerprint density at radius 3 is 2.33 bits per heavy atom. The molecule has 0 saturated carbocycles. The largest absolute Gasteiger partial charge is 0.432 e. The Morgan fingerprint density at radius 2 is 1.72 bits per heavy atom. The van der Waals surface area contributed by atoms with Gasteiger partial charge in [-0.15, -0.1) is 0 Å². The summed E-state index contributed by atoms with van der Waals surface area (Å²) in [6.07, 6.45) is 0.466. The van der Waals surface area contributed by atoms with Crippen LogP contribution in [0.15, 0.2) is 59.0 Å². The zero-order valence-electron chi connectivity index (χ0n) is 20.0. The molecule has 1 saturated heterocycles. The molecule has 0 atom stereocenters. The summed E-state index contributed by atoms with van der Waals surface area (Å²) in [6, 6.07) is 16.4. The SMILES string of the molecule is CC(C)(C)C(=O)c1oc2nc(-c3ccccc3Cl)c(-c3ccc(Cl)cc3)cc2c1N1CCCS1(=O)=O. The van der Waals surface area contributed by atoms with Crippen molar-refractivity contribution in [3.8, 4) is 22.4 Å². The van der Waals surface area contributed by atoms with Crippen molar-refractivity contribution in [2.75, 3.05) is 16.6 Å². The van der Waals surface area contributed by atoms with Gasteiger partial charge in [0.2, 0.25) is 21.5 Å². The fourth-order valence-electron chi connectivity index (χ4n) is 4.35. The fourth-order valence-corrected chi connectivity index (χ4v) is 6.28. The van der Waals surface area contributed by atoms with Crippen LogP contribution in [0.25, 0.3) is 33.5 Å². The Bertz CT molecular complexity index is 1600. The van der Waals surface area contributed by atoms with E-state index in [-0.39, 0.29) is 35.2 Å². The molecule has 1 fully saturated rings. The third kappa shape index (κ3) is 4.29. The molecule has 0 amide bonds. The number of rotatable bonds is 4. The topological polar surface area (TPSA) is 80.5 Å². The molecule has 2 aromatic heterocycles. The number of hydrogen-bond donors (Lipinski definition) is 0. The fraction of sp³-hybridized carbons (Fsp3) is 0.259. The second kappa shape index (κ2) is 8.91. The van der Waals surface area contributed by atoms with Gasteiger partial charge in [0.15, 0.2) is 5.76 Å². The van der Waals surface area contributed by atoms with Crippen LogP contribution in [0.5, 0.6) is 0 Å². The summed E-state index contributed by atoms with van der Waals surface area (Å²) in [6.45, 7) is 5.58. The van der Waals surface area contributed by atoms with Crippen molar-refractivity contribution in [1.82, 2.24) is 4.98 Å². The van der Waals surface area contributed by atoms with Crippen molar-refractivity contribution >= 4 is 55.8 Å². The standard InChI is InChI=1S/C27H24Cl2N2O4S/c1-27(2,3)25(32)24-23(31-13-6-14-36(31,33)34)20-15-19(16-9-11-17(28)12-10-16)22(30-26(20)35-24)18-7-4-5-8-21(18)29/h4-5,7-12,15H,6,13-14H2,1-3H3. The number of ketones is 1. The number of fused-ring (bicyclic) bond motifs is 1. The minimum absolute atomic E-state index is 0.00570. The van der Waals surface area contributed by atoms with E-state index in [1.165, 1.54) is 4.31 Å². The summed E-state index contributed by atoms with van der Waals surface area (Å²) in [5.74, 6) is -0.295. The highest BCUT2D eigenvalue weighted by atomic mass is 35.5. The number of Topliss-reactive ketones (excluding diaryl/α,β-unsaturated/α-hetero) is 1. The Balaban J connectivity index is 1.88. The molecule has 1 aliphatic heterocycles. The molecular formula is C27H24Cl2N2O4S. The van der Waals surface area contributed by atoms with Gasteiger partial charge in [0, 0.05) is 33.1 Å². The lowest BCUT2D eigenvalue weighted by molar-refractivity contribution is 0.0831. The van der Waals surface area contributed by atoms with E-state index in [0.29, 0.717) is 38.7 Å². The number of carbonyl (C=O) groups excluding carboxylic acids is 1. The highest BCUT2D eigenvalue weighted by Gasteiger charge is 2.39. The van der Waals surface area contributed by atoms with Crippen LogP contribution in [-0.4, -0.2) is 31.5 Å². The number of pyridine rings is 1. The third-order valence-corrected chi connectivity index (χ3v) is 8.60. The Kier molecular flexibility index (Phi) is 6.14. The molecule has 6 nitrogen and oxygen atoms in total. The van der Waals surface area contributed by atoms with E-state index in [4.69, 9.17) is 32.6 Å². The zero-order chi connectivity index (χ0) is 25.8. The number of aromatic nitrogens is 1. The van der Waals surface area contributed by atoms with E-state index in [9.17, 15) is 13.2 Å². The minimum atomic E-state index is -3.60. The number of hydrogen-bond acceptors (Lipinski definition) is 5. The Labute approximate surface area is 219 Å². The lowest BCUT2D eigenvalue weighted by atomic mass is 9.88. The second-order valence-electron chi connectivity index (χ2n) is 9.82. The molecule has 0 radical (unpaired) electrons. The maximum absolute atomic E-state index is 13.4. The maximum Gasteiger partial charge on any atom is 0.235 e. The molecule has 0 spiro atoms. The van der Waals surface area contributed by atoms with E-state index >= 15 is 0 Å². The summed E-state index contributed by atoms with van der Waals surface area (Å²) in [7, 11) is -3.60. The Hall–Kier alpha value is -2.87.